The topological polar surface area (TPSA) is 72.3 Å². The normalized spacial score (nSPS) is 14.7. The van der Waals surface area contributed by atoms with Gasteiger partial charge in [0.15, 0.2) is 0 Å². The Hall–Kier alpha value is -1.71. The minimum Gasteiger partial charge on any atom is -0.399 e. The highest BCUT2D eigenvalue weighted by Crippen LogP contribution is 2.29. The molecule has 4 N–H and O–H groups in total. The predicted octanol–water partition coefficient (Wildman–Crippen LogP) is 2.50. The monoisotopic (exact) mass is 261 g/mol. The number of carbonyl (C=O) groups excluding carboxylic acids is 1. The fourth-order valence-electron chi connectivity index (χ4n) is 2.20. The first kappa shape index (κ1) is 13.7. The molecule has 1 aliphatic carbocycles. The fraction of sp³-hybridized carbons (Fsp3) is 0.533. The second-order valence-electron chi connectivity index (χ2n) is 5.80. The lowest BCUT2D eigenvalue weighted by Crippen LogP contribution is -2.34. The number of hydrogen-bond donors (Lipinski definition) is 2. The molecule has 0 radical (unpaired) electrons. The average molecular weight is 261 g/mol. The largest absolute Gasteiger partial charge is 0.399 e. The number of benzene rings is 1. The van der Waals surface area contributed by atoms with Crippen LogP contribution in [0.25, 0.3) is 0 Å². The molecule has 0 aliphatic heterocycles. The second-order valence-corrected chi connectivity index (χ2v) is 5.80. The second kappa shape index (κ2) is 5.51. The summed E-state index contributed by atoms with van der Waals surface area (Å²) in [6, 6.07) is 5.51. The van der Waals surface area contributed by atoms with E-state index < -0.39 is 0 Å². The lowest BCUT2D eigenvalue weighted by Gasteiger charge is -2.23. The van der Waals surface area contributed by atoms with Gasteiger partial charge in [0.1, 0.15) is 0 Å². The third-order valence-corrected chi connectivity index (χ3v) is 3.42. The van der Waals surface area contributed by atoms with Gasteiger partial charge in [-0.1, -0.05) is 13.8 Å². The Bertz CT molecular complexity index is 446. The molecule has 0 saturated heterocycles. The lowest BCUT2D eigenvalue weighted by atomic mass is 10.1. The number of anilines is 2. The van der Waals surface area contributed by atoms with Crippen molar-refractivity contribution in [1.29, 1.82) is 0 Å². The fourth-order valence-corrected chi connectivity index (χ4v) is 2.20. The zero-order valence-corrected chi connectivity index (χ0v) is 11.7. The molecule has 1 aromatic rings. The summed E-state index contributed by atoms with van der Waals surface area (Å²) in [6.07, 6.45) is 3.25. The van der Waals surface area contributed by atoms with Crippen LogP contribution in [0.4, 0.5) is 11.4 Å². The molecule has 0 spiro atoms. The van der Waals surface area contributed by atoms with Crippen LogP contribution in [0.3, 0.4) is 0 Å². The Morgan fingerprint density at radius 2 is 1.84 bits per heavy atom. The highest BCUT2D eigenvalue weighted by atomic mass is 16.2. The van der Waals surface area contributed by atoms with E-state index in [0.29, 0.717) is 28.9 Å². The number of rotatable bonds is 5. The molecule has 0 bridgehead atoms. The number of amides is 1. The zero-order valence-electron chi connectivity index (χ0n) is 11.7. The van der Waals surface area contributed by atoms with Gasteiger partial charge in [0, 0.05) is 29.5 Å². The Kier molecular flexibility index (Phi) is 3.98. The van der Waals surface area contributed by atoms with Gasteiger partial charge in [0.25, 0.3) is 5.91 Å². The molecule has 1 aliphatic rings. The van der Waals surface area contributed by atoms with Gasteiger partial charge >= 0.3 is 0 Å². The average Bonchev–Trinajstić information content (AvgIpc) is 3.11. The Labute approximate surface area is 114 Å². The molecule has 1 amide bonds. The Morgan fingerprint density at radius 1 is 1.26 bits per heavy atom. The van der Waals surface area contributed by atoms with Crippen molar-refractivity contribution >= 4 is 17.3 Å². The van der Waals surface area contributed by atoms with Gasteiger partial charge in [-0.25, -0.2) is 0 Å². The maximum Gasteiger partial charge on any atom is 0.254 e. The summed E-state index contributed by atoms with van der Waals surface area (Å²) < 4.78 is 0. The summed E-state index contributed by atoms with van der Waals surface area (Å²) in [6.45, 7) is 5.16. The Balaban J connectivity index is 2.14. The molecule has 0 unspecified atom stereocenters. The third-order valence-electron chi connectivity index (χ3n) is 3.42. The molecule has 0 atom stereocenters. The van der Waals surface area contributed by atoms with Crippen LogP contribution in [0, 0.1) is 5.92 Å². The zero-order chi connectivity index (χ0) is 14.0. The van der Waals surface area contributed by atoms with E-state index in [1.807, 2.05) is 4.90 Å². The van der Waals surface area contributed by atoms with E-state index in [0.717, 1.165) is 25.8 Å². The molecule has 1 saturated carbocycles. The predicted molar refractivity (Wildman–Crippen MR) is 78.8 cm³/mol. The summed E-state index contributed by atoms with van der Waals surface area (Å²) in [7, 11) is 0. The lowest BCUT2D eigenvalue weighted by molar-refractivity contribution is 0.0735. The number of nitrogen functional groups attached to an aromatic ring is 2. The molecule has 4 heteroatoms. The van der Waals surface area contributed by atoms with Gasteiger partial charge in [-0.05, 0) is 43.4 Å². The van der Waals surface area contributed by atoms with Crippen molar-refractivity contribution in [2.45, 2.75) is 39.2 Å². The molecule has 1 fully saturated rings. The van der Waals surface area contributed by atoms with Crippen LogP contribution in [-0.2, 0) is 0 Å². The first-order chi connectivity index (χ1) is 8.97. The summed E-state index contributed by atoms with van der Waals surface area (Å²) in [5, 5.41) is 0. The van der Waals surface area contributed by atoms with Gasteiger partial charge in [0.2, 0.25) is 0 Å². The Morgan fingerprint density at radius 3 is 2.32 bits per heavy atom. The quantitative estimate of drug-likeness (QED) is 0.800. The molecule has 0 aromatic heterocycles. The smallest absolute Gasteiger partial charge is 0.254 e. The molecule has 2 rings (SSSR count). The van der Waals surface area contributed by atoms with Crippen molar-refractivity contribution in [3.8, 4) is 0 Å². The minimum atomic E-state index is 0.0575. The number of hydrogen-bond acceptors (Lipinski definition) is 3. The summed E-state index contributed by atoms with van der Waals surface area (Å²) in [4.78, 5) is 14.5. The molecular formula is C15H23N3O. The van der Waals surface area contributed by atoms with E-state index in [9.17, 15) is 4.79 Å². The summed E-state index contributed by atoms with van der Waals surface area (Å²) in [5.41, 5.74) is 13.2. The standard InChI is InChI=1S/C15H23N3O/c1-10(2)5-6-18(14-3-4-14)15(19)11-7-12(16)9-13(17)8-11/h7-10,14H,3-6,16-17H2,1-2H3. The van der Waals surface area contributed by atoms with Crippen molar-refractivity contribution in [2.75, 3.05) is 18.0 Å². The highest BCUT2D eigenvalue weighted by Gasteiger charge is 2.32. The van der Waals surface area contributed by atoms with Crippen molar-refractivity contribution in [3.63, 3.8) is 0 Å². The number of nitrogens with zero attached hydrogens (tertiary/aromatic N) is 1. The first-order valence-corrected chi connectivity index (χ1v) is 6.94. The molecular weight excluding hydrogens is 238 g/mol. The third kappa shape index (κ3) is 3.63. The van der Waals surface area contributed by atoms with E-state index in [1.165, 1.54) is 0 Å². The molecule has 1 aromatic carbocycles. The van der Waals surface area contributed by atoms with E-state index in [1.54, 1.807) is 18.2 Å². The van der Waals surface area contributed by atoms with E-state index in [4.69, 9.17) is 11.5 Å². The van der Waals surface area contributed by atoms with Crippen LogP contribution in [0.5, 0.6) is 0 Å². The molecule has 104 valence electrons. The van der Waals surface area contributed by atoms with Crippen LogP contribution in [-0.4, -0.2) is 23.4 Å². The van der Waals surface area contributed by atoms with Gasteiger partial charge in [-0.15, -0.1) is 0 Å². The maximum absolute atomic E-state index is 12.6. The number of nitrogens with two attached hydrogens (primary N) is 2. The van der Waals surface area contributed by atoms with Crippen LogP contribution < -0.4 is 11.5 Å². The van der Waals surface area contributed by atoms with E-state index in [-0.39, 0.29) is 5.91 Å². The van der Waals surface area contributed by atoms with E-state index >= 15 is 0 Å². The molecule has 4 nitrogen and oxygen atoms in total. The first-order valence-electron chi connectivity index (χ1n) is 6.94. The van der Waals surface area contributed by atoms with Crippen LogP contribution in [0.1, 0.15) is 43.5 Å². The van der Waals surface area contributed by atoms with Crippen LogP contribution >= 0.6 is 0 Å². The van der Waals surface area contributed by atoms with Crippen molar-refractivity contribution in [3.05, 3.63) is 23.8 Å². The minimum absolute atomic E-state index is 0.0575. The van der Waals surface area contributed by atoms with Gasteiger partial charge in [-0.2, -0.15) is 0 Å². The molecule has 0 heterocycles. The van der Waals surface area contributed by atoms with Gasteiger partial charge in [-0.3, -0.25) is 4.79 Å². The van der Waals surface area contributed by atoms with Crippen molar-refractivity contribution in [2.24, 2.45) is 5.92 Å². The van der Waals surface area contributed by atoms with Crippen molar-refractivity contribution in [1.82, 2.24) is 4.90 Å². The van der Waals surface area contributed by atoms with Crippen LogP contribution in [0.2, 0.25) is 0 Å². The maximum atomic E-state index is 12.6. The SMILES string of the molecule is CC(C)CCN(C(=O)c1cc(N)cc(N)c1)C1CC1. The van der Waals surface area contributed by atoms with E-state index in [2.05, 4.69) is 13.8 Å². The molecule has 19 heavy (non-hydrogen) atoms. The van der Waals surface area contributed by atoms with Gasteiger partial charge in [0.05, 0.1) is 0 Å². The summed E-state index contributed by atoms with van der Waals surface area (Å²) >= 11 is 0. The van der Waals surface area contributed by atoms with Crippen molar-refractivity contribution < 1.29 is 4.79 Å². The highest BCUT2D eigenvalue weighted by molar-refractivity contribution is 5.96. The number of carbonyl (C=O) groups is 1. The van der Waals surface area contributed by atoms with Crippen LogP contribution in [0.15, 0.2) is 18.2 Å². The summed E-state index contributed by atoms with van der Waals surface area (Å²) in [5.74, 6) is 0.655. The van der Waals surface area contributed by atoms with Gasteiger partial charge < -0.3 is 16.4 Å².